The van der Waals surface area contributed by atoms with Gasteiger partial charge < -0.3 is 15.7 Å². The molecular formula is C16H24N2O2. The first-order valence-electron chi connectivity index (χ1n) is 7.48. The van der Waals surface area contributed by atoms with E-state index in [1.54, 1.807) is 0 Å². The van der Waals surface area contributed by atoms with E-state index in [4.69, 9.17) is 0 Å². The normalized spacial score (nSPS) is 23.1. The summed E-state index contributed by atoms with van der Waals surface area (Å²) in [7, 11) is 0. The molecule has 0 aromatic heterocycles. The number of hydrogen-bond donors (Lipinski definition) is 3. The quantitative estimate of drug-likeness (QED) is 0.716. The molecule has 1 aromatic carbocycles. The fraction of sp³-hybridized carbons (Fsp3) is 0.562. The summed E-state index contributed by atoms with van der Waals surface area (Å²) in [5.74, 6) is -0.0229. The maximum atomic E-state index is 11.8. The summed E-state index contributed by atoms with van der Waals surface area (Å²) < 4.78 is 0. The molecule has 4 nitrogen and oxygen atoms in total. The van der Waals surface area contributed by atoms with E-state index < -0.39 is 0 Å². The maximum absolute atomic E-state index is 11.8. The first-order valence-corrected chi connectivity index (χ1v) is 7.48. The highest BCUT2D eigenvalue weighted by atomic mass is 16.3. The van der Waals surface area contributed by atoms with Gasteiger partial charge in [0.25, 0.3) is 0 Å². The van der Waals surface area contributed by atoms with Crippen molar-refractivity contribution in [3.8, 4) is 0 Å². The molecule has 1 aromatic rings. The van der Waals surface area contributed by atoms with Crippen molar-refractivity contribution in [3.05, 3.63) is 35.9 Å². The number of hydrogen-bond acceptors (Lipinski definition) is 3. The number of carbonyl (C=O) groups excluding carboxylic acids is 1. The van der Waals surface area contributed by atoms with Gasteiger partial charge in [-0.05, 0) is 18.4 Å². The van der Waals surface area contributed by atoms with E-state index in [0.717, 1.165) is 31.2 Å². The van der Waals surface area contributed by atoms with Gasteiger partial charge in [-0.1, -0.05) is 49.6 Å². The van der Waals surface area contributed by atoms with Crippen LogP contribution in [0.4, 0.5) is 0 Å². The van der Waals surface area contributed by atoms with E-state index in [2.05, 4.69) is 10.6 Å². The van der Waals surface area contributed by atoms with E-state index in [0.29, 0.717) is 6.54 Å². The Morgan fingerprint density at radius 1 is 1.15 bits per heavy atom. The molecule has 1 fully saturated rings. The van der Waals surface area contributed by atoms with Crippen LogP contribution < -0.4 is 10.6 Å². The number of benzene rings is 1. The van der Waals surface area contributed by atoms with E-state index in [-0.39, 0.29) is 24.6 Å². The predicted molar refractivity (Wildman–Crippen MR) is 79.2 cm³/mol. The molecule has 2 rings (SSSR count). The highest BCUT2D eigenvalue weighted by Crippen LogP contribution is 2.17. The van der Waals surface area contributed by atoms with Gasteiger partial charge in [-0.3, -0.25) is 4.79 Å². The molecule has 110 valence electrons. The molecule has 0 aliphatic heterocycles. The Hall–Kier alpha value is -1.39. The fourth-order valence-electron chi connectivity index (χ4n) is 2.61. The van der Waals surface area contributed by atoms with Crippen molar-refractivity contribution in [2.75, 3.05) is 6.54 Å². The molecule has 2 atom stereocenters. The minimum Gasteiger partial charge on any atom is -0.392 e. The highest BCUT2D eigenvalue weighted by molar-refractivity contribution is 5.78. The van der Waals surface area contributed by atoms with Crippen LogP contribution in [0.25, 0.3) is 0 Å². The molecule has 2 unspecified atom stereocenters. The Balaban J connectivity index is 1.69. The summed E-state index contributed by atoms with van der Waals surface area (Å²) in [6.45, 7) is 0.823. The Kier molecular flexibility index (Phi) is 6.02. The molecule has 0 bridgehead atoms. The van der Waals surface area contributed by atoms with Crippen molar-refractivity contribution >= 4 is 5.91 Å². The third-order valence-corrected chi connectivity index (χ3v) is 3.84. The van der Waals surface area contributed by atoms with Gasteiger partial charge in [-0.25, -0.2) is 0 Å². The molecule has 0 radical (unpaired) electrons. The number of carbonyl (C=O) groups is 1. The summed E-state index contributed by atoms with van der Waals surface area (Å²) >= 11 is 0. The standard InChI is InChI=1S/C16H24N2O2/c19-15-10-6-2-5-9-14(15)17-12-16(20)18-11-13-7-3-1-4-8-13/h1,3-4,7-8,14-15,17,19H,2,5-6,9-12H2,(H,18,20). The van der Waals surface area contributed by atoms with E-state index in [9.17, 15) is 9.90 Å². The SMILES string of the molecule is O=C(CNC1CCCCCC1O)NCc1ccccc1. The van der Waals surface area contributed by atoms with Crippen LogP contribution in [-0.2, 0) is 11.3 Å². The number of aliphatic hydroxyl groups excluding tert-OH is 1. The van der Waals surface area contributed by atoms with Crippen molar-refractivity contribution in [2.45, 2.75) is 50.8 Å². The second kappa shape index (κ2) is 8.02. The van der Waals surface area contributed by atoms with Crippen LogP contribution in [0.1, 0.15) is 37.7 Å². The Morgan fingerprint density at radius 3 is 2.70 bits per heavy atom. The van der Waals surface area contributed by atoms with Gasteiger partial charge in [0.2, 0.25) is 5.91 Å². The smallest absolute Gasteiger partial charge is 0.234 e. The van der Waals surface area contributed by atoms with Gasteiger partial charge in [-0.2, -0.15) is 0 Å². The zero-order valence-electron chi connectivity index (χ0n) is 11.8. The molecule has 1 aliphatic carbocycles. The average Bonchev–Trinajstić information content (AvgIpc) is 2.68. The van der Waals surface area contributed by atoms with Gasteiger partial charge in [0.1, 0.15) is 0 Å². The fourth-order valence-corrected chi connectivity index (χ4v) is 2.61. The zero-order chi connectivity index (χ0) is 14.2. The lowest BCUT2D eigenvalue weighted by Gasteiger charge is -2.21. The second-order valence-corrected chi connectivity index (χ2v) is 5.46. The van der Waals surface area contributed by atoms with Crippen LogP contribution in [0.5, 0.6) is 0 Å². The average molecular weight is 276 g/mol. The zero-order valence-corrected chi connectivity index (χ0v) is 11.8. The van der Waals surface area contributed by atoms with E-state index >= 15 is 0 Å². The molecular weight excluding hydrogens is 252 g/mol. The summed E-state index contributed by atoms with van der Waals surface area (Å²) in [5, 5.41) is 16.0. The van der Waals surface area contributed by atoms with Crippen LogP contribution in [-0.4, -0.2) is 29.7 Å². The first kappa shape index (κ1) is 15.0. The molecule has 4 heteroatoms. The number of amides is 1. The third kappa shape index (κ3) is 4.94. The third-order valence-electron chi connectivity index (χ3n) is 3.84. The number of nitrogens with one attached hydrogen (secondary N) is 2. The van der Waals surface area contributed by atoms with Gasteiger partial charge in [-0.15, -0.1) is 0 Å². The molecule has 0 heterocycles. The van der Waals surface area contributed by atoms with Crippen LogP contribution in [0.3, 0.4) is 0 Å². The lowest BCUT2D eigenvalue weighted by molar-refractivity contribution is -0.120. The van der Waals surface area contributed by atoms with Crippen molar-refractivity contribution < 1.29 is 9.90 Å². The summed E-state index contributed by atoms with van der Waals surface area (Å²) in [6.07, 6.45) is 4.85. The van der Waals surface area contributed by atoms with E-state index in [1.807, 2.05) is 30.3 Å². The van der Waals surface area contributed by atoms with Crippen LogP contribution in [0.2, 0.25) is 0 Å². The molecule has 1 aliphatic rings. The van der Waals surface area contributed by atoms with Gasteiger partial charge >= 0.3 is 0 Å². The minimum atomic E-state index is -0.320. The summed E-state index contributed by atoms with van der Waals surface area (Å²) in [4.78, 5) is 11.8. The Bertz CT molecular complexity index is 408. The molecule has 3 N–H and O–H groups in total. The first-order chi connectivity index (χ1) is 9.75. The van der Waals surface area contributed by atoms with Crippen LogP contribution in [0, 0.1) is 0 Å². The second-order valence-electron chi connectivity index (χ2n) is 5.46. The lowest BCUT2D eigenvalue weighted by Crippen LogP contribution is -2.44. The van der Waals surface area contributed by atoms with Crippen molar-refractivity contribution in [3.63, 3.8) is 0 Å². The molecule has 0 saturated heterocycles. The minimum absolute atomic E-state index is 0.0229. The number of rotatable bonds is 5. The summed E-state index contributed by atoms with van der Waals surface area (Å²) in [5.41, 5.74) is 1.09. The largest absolute Gasteiger partial charge is 0.392 e. The van der Waals surface area contributed by atoms with Gasteiger partial charge in [0, 0.05) is 12.6 Å². The van der Waals surface area contributed by atoms with Crippen molar-refractivity contribution in [2.24, 2.45) is 0 Å². The highest BCUT2D eigenvalue weighted by Gasteiger charge is 2.21. The van der Waals surface area contributed by atoms with E-state index in [1.165, 1.54) is 6.42 Å². The number of aliphatic hydroxyl groups is 1. The topological polar surface area (TPSA) is 61.4 Å². The predicted octanol–water partition coefficient (Wildman–Crippen LogP) is 1.59. The van der Waals surface area contributed by atoms with Gasteiger partial charge in [0.05, 0.1) is 12.6 Å². The molecule has 1 saturated carbocycles. The summed E-state index contributed by atoms with van der Waals surface area (Å²) in [6, 6.07) is 9.91. The monoisotopic (exact) mass is 276 g/mol. The molecule has 20 heavy (non-hydrogen) atoms. The van der Waals surface area contributed by atoms with Crippen LogP contribution in [0.15, 0.2) is 30.3 Å². The lowest BCUT2D eigenvalue weighted by atomic mass is 10.1. The van der Waals surface area contributed by atoms with Crippen LogP contribution >= 0.6 is 0 Å². The Morgan fingerprint density at radius 2 is 1.90 bits per heavy atom. The van der Waals surface area contributed by atoms with Crippen molar-refractivity contribution in [1.82, 2.24) is 10.6 Å². The maximum Gasteiger partial charge on any atom is 0.234 e. The Labute approximate surface area is 120 Å². The van der Waals surface area contributed by atoms with Gasteiger partial charge in [0.15, 0.2) is 0 Å². The van der Waals surface area contributed by atoms with Crippen molar-refractivity contribution in [1.29, 1.82) is 0 Å². The molecule has 1 amide bonds. The molecule has 0 spiro atoms.